The summed E-state index contributed by atoms with van der Waals surface area (Å²) in [6.45, 7) is 1.72. The maximum Gasteiger partial charge on any atom is 0.270 e. The summed E-state index contributed by atoms with van der Waals surface area (Å²) < 4.78 is 0. The van der Waals surface area contributed by atoms with E-state index in [0.29, 0.717) is 12.0 Å². The first-order chi connectivity index (χ1) is 6.15. The Morgan fingerprint density at radius 3 is 2.77 bits per heavy atom. The zero-order valence-corrected chi connectivity index (χ0v) is 7.19. The maximum absolute atomic E-state index is 11.2. The fourth-order valence-electron chi connectivity index (χ4n) is 0.997. The first-order valence-corrected chi connectivity index (χ1v) is 3.92. The highest BCUT2D eigenvalue weighted by molar-refractivity contribution is 5.96. The van der Waals surface area contributed by atoms with Gasteiger partial charge in [-0.05, 0) is 0 Å². The van der Waals surface area contributed by atoms with Gasteiger partial charge in [-0.15, -0.1) is 0 Å². The van der Waals surface area contributed by atoms with E-state index in [2.05, 4.69) is 0 Å². The van der Waals surface area contributed by atoms with E-state index < -0.39 is 4.92 Å². The molecule has 0 atom stereocenters. The van der Waals surface area contributed by atoms with E-state index in [1.807, 2.05) is 0 Å². The van der Waals surface area contributed by atoms with Crippen LogP contribution in [0.1, 0.15) is 23.7 Å². The minimum Gasteiger partial charge on any atom is -0.294 e. The van der Waals surface area contributed by atoms with Gasteiger partial charge in [0, 0.05) is 24.1 Å². The Labute approximate surface area is 75.3 Å². The van der Waals surface area contributed by atoms with E-state index in [1.54, 1.807) is 13.0 Å². The monoisotopic (exact) mass is 179 g/mol. The van der Waals surface area contributed by atoms with Crippen LogP contribution in [0.3, 0.4) is 0 Å². The predicted molar refractivity (Wildman–Crippen MR) is 47.7 cm³/mol. The van der Waals surface area contributed by atoms with E-state index >= 15 is 0 Å². The molecule has 0 radical (unpaired) electrons. The van der Waals surface area contributed by atoms with Gasteiger partial charge in [0.2, 0.25) is 0 Å². The van der Waals surface area contributed by atoms with Crippen molar-refractivity contribution >= 4 is 11.5 Å². The highest BCUT2D eigenvalue weighted by Crippen LogP contribution is 2.14. The van der Waals surface area contributed by atoms with Gasteiger partial charge in [0.25, 0.3) is 5.69 Å². The van der Waals surface area contributed by atoms with E-state index in [4.69, 9.17) is 0 Å². The molecule has 1 rings (SSSR count). The van der Waals surface area contributed by atoms with E-state index in [-0.39, 0.29) is 11.5 Å². The van der Waals surface area contributed by atoms with Gasteiger partial charge in [-0.2, -0.15) is 0 Å². The molecule has 4 nitrogen and oxygen atoms in total. The summed E-state index contributed by atoms with van der Waals surface area (Å²) in [4.78, 5) is 21.0. The molecule has 13 heavy (non-hydrogen) atoms. The Morgan fingerprint density at radius 2 is 2.23 bits per heavy atom. The predicted octanol–water partition coefficient (Wildman–Crippen LogP) is 2.19. The number of hydrogen-bond acceptors (Lipinski definition) is 3. The van der Waals surface area contributed by atoms with Crippen molar-refractivity contribution in [3.63, 3.8) is 0 Å². The molecule has 0 saturated heterocycles. The van der Waals surface area contributed by atoms with Gasteiger partial charge in [0.1, 0.15) is 0 Å². The summed E-state index contributed by atoms with van der Waals surface area (Å²) in [6.07, 6.45) is 0.362. The number of nitro benzene ring substituents is 1. The number of nitro groups is 1. The Kier molecular flexibility index (Phi) is 2.74. The molecule has 0 amide bonds. The van der Waals surface area contributed by atoms with Crippen molar-refractivity contribution in [2.75, 3.05) is 0 Å². The molecular formula is C9H9NO3. The van der Waals surface area contributed by atoms with E-state index in [1.165, 1.54) is 18.2 Å². The lowest BCUT2D eigenvalue weighted by Crippen LogP contribution is -1.97. The van der Waals surface area contributed by atoms with Gasteiger partial charge in [0.15, 0.2) is 5.78 Å². The molecule has 1 aromatic carbocycles. The summed E-state index contributed by atoms with van der Waals surface area (Å²) in [6, 6.07) is 5.76. The molecular weight excluding hydrogens is 170 g/mol. The Balaban J connectivity index is 3.05. The zero-order chi connectivity index (χ0) is 9.84. The average Bonchev–Trinajstić information content (AvgIpc) is 2.17. The smallest absolute Gasteiger partial charge is 0.270 e. The summed E-state index contributed by atoms with van der Waals surface area (Å²) in [5, 5.41) is 10.4. The van der Waals surface area contributed by atoms with Crippen molar-refractivity contribution in [1.29, 1.82) is 0 Å². The van der Waals surface area contributed by atoms with Gasteiger partial charge in [-0.1, -0.05) is 19.1 Å². The first kappa shape index (κ1) is 9.38. The van der Waals surface area contributed by atoms with Gasteiger partial charge in [0.05, 0.1) is 4.92 Å². The van der Waals surface area contributed by atoms with Crippen molar-refractivity contribution in [1.82, 2.24) is 0 Å². The van der Waals surface area contributed by atoms with Crippen molar-refractivity contribution in [2.24, 2.45) is 0 Å². The van der Waals surface area contributed by atoms with Crippen LogP contribution >= 0.6 is 0 Å². The molecule has 0 heterocycles. The second kappa shape index (κ2) is 3.80. The Bertz CT molecular complexity index is 346. The van der Waals surface area contributed by atoms with Crippen LogP contribution in [-0.4, -0.2) is 10.7 Å². The second-order valence-electron chi connectivity index (χ2n) is 2.58. The number of ketones is 1. The lowest BCUT2D eigenvalue weighted by atomic mass is 10.1. The summed E-state index contributed by atoms with van der Waals surface area (Å²) in [5.41, 5.74) is 0.357. The summed E-state index contributed by atoms with van der Waals surface area (Å²) in [5.74, 6) is -0.0799. The van der Waals surface area contributed by atoms with Crippen LogP contribution in [0.4, 0.5) is 5.69 Å². The fraction of sp³-hybridized carbons (Fsp3) is 0.222. The van der Waals surface area contributed by atoms with Crippen LogP contribution in [0.15, 0.2) is 24.3 Å². The first-order valence-electron chi connectivity index (χ1n) is 3.92. The number of carbonyl (C=O) groups is 1. The van der Waals surface area contributed by atoms with Crippen LogP contribution in [-0.2, 0) is 0 Å². The summed E-state index contributed by atoms with van der Waals surface area (Å²) >= 11 is 0. The molecule has 0 N–H and O–H groups in total. The molecule has 0 aliphatic carbocycles. The Hall–Kier alpha value is -1.71. The standard InChI is InChI=1S/C9H9NO3/c1-2-9(11)7-4-3-5-8(6-7)10(12)13/h3-6H,2H2,1H3. The molecule has 0 aliphatic heterocycles. The number of nitrogens with zero attached hydrogens (tertiary/aromatic N) is 1. The van der Waals surface area contributed by atoms with Crippen LogP contribution in [0.2, 0.25) is 0 Å². The number of non-ortho nitro benzene ring substituents is 1. The SMILES string of the molecule is CCC(=O)c1cccc([N+](=O)[O-])c1. The van der Waals surface area contributed by atoms with Crippen LogP contribution in [0.5, 0.6) is 0 Å². The molecule has 0 aliphatic rings. The summed E-state index contributed by atoms with van der Waals surface area (Å²) in [7, 11) is 0. The van der Waals surface area contributed by atoms with Crippen molar-refractivity contribution in [2.45, 2.75) is 13.3 Å². The third-order valence-electron chi connectivity index (χ3n) is 1.70. The minimum absolute atomic E-state index is 0.0423. The Morgan fingerprint density at radius 1 is 1.54 bits per heavy atom. The molecule has 1 aromatic rings. The van der Waals surface area contributed by atoms with Crippen molar-refractivity contribution < 1.29 is 9.72 Å². The van der Waals surface area contributed by atoms with Gasteiger partial charge < -0.3 is 0 Å². The van der Waals surface area contributed by atoms with E-state index in [0.717, 1.165) is 0 Å². The number of benzene rings is 1. The van der Waals surface area contributed by atoms with Crippen LogP contribution < -0.4 is 0 Å². The normalized spacial score (nSPS) is 9.62. The molecule has 0 aromatic heterocycles. The van der Waals surface area contributed by atoms with Crippen molar-refractivity contribution in [3.8, 4) is 0 Å². The molecule has 0 saturated carbocycles. The van der Waals surface area contributed by atoms with Crippen LogP contribution in [0, 0.1) is 10.1 Å². The largest absolute Gasteiger partial charge is 0.294 e. The number of Topliss-reactive ketones (excluding diaryl/α,β-unsaturated/α-hetero) is 1. The van der Waals surface area contributed by atoms with Crippen LogP contribution in [0.25, 0.3) is 0 Å². The molecule has 68 valence electrons. The fourth-order valence-corrected chi connectivity index (χ4v) is 0.997. The average molecular weight is 179 g/mol. The second-order valence-corrected chi connectivity index (χ2v) is 2.58. The molecule has 4 heteroatoms. The molecule has 0 spiro atoms. The highest BCUT2D eigenvalue weighted by Gasteiger charge is 2.09. The third-order valence-corrected chi connectivity index (χ3v) is 1.70. The third kappa shape index (κ3) is 2.11. The molecule has 0 bridgehead atoms. The zero-order valence-electron chi connectivity index (χ0n) is 7.19. The number of carbonyl (C=O) groups excluding carboxylic acids is 1. The van der Waals surface area contributed by atoms with E-state index in [9.17, 15) is 14.9 Å². The molecule has 0 fully saturated rings. The highest BCUT2D eigenvalue weighted by atomic mass is 16.6. The minimum atomic E-state index is -0.508. The number of hydrogen-bond donors (Lipinski definition) is 0. The topological polar surface area (TPSA) is 60.2 Å². The lowest BCUT2D eigenvalue weighted by Gasteiger charge is -1.96. The lowest BCUT2D eigenvalue weighted by molar-refractivity contribution is -0.384. The number of rotatable bonds is 3. The quantitative estimate of drug-likeness (QED) is 0.406. The van der Waals surface area contributed by atoms with Gasteiger partial charge in [-0.3, -0.25) is 14.9 Å². The van der Waals surface area contributed by atoms with Gasteiger partial charge >= 0.3 is 0 Å². The maximum atomic E-state index is 11.2. The molecule has 0 unspecified atom stereocenters. The van der Waals surface area contributed by atoms with Gasteiger partial charge in [-0.25, -0.2) is 0 Å². The van der Waals surface area contributed by atoms with Crippen molar-refractivity contribution in [3.05, 3.63) is 39.9 Å².